The summed E-state index contributed by atoms with van der Waals surface area (Å²) in [6, 6.07) is 14.8. The summed E-state index contributed by atoms with van der Waals surface area (Å²) in [6.07, 6.45) is 5.12. The monoisotopic (exact) mass is 256 g/mol. The van der Waals surface area contributed by atoms with E-state index in [0.717, 1.165) is 15.5 Å². The van der Waals surface area contributed by atoms with E-state index in [1.54, 1.807) is 23.9 Å². The standard InChI is InChI=1S/C15H12O2S/c1-2-11-17-13-5-9-15(10-6-13)18-14-7-3-12(16)4-8-14/h1,3-10,16H,11H2. The topological polar surface area (TPSA) is 29.5 Å². The van der Waals surface area contributed by atoms with Gasteiger partial charge in [-0.2, -0.15) is 0 Å². The van der Waals surface area contributed by atoms with Crippen molar-refractivity contribution < 1.29 is 9.84 Å². The smallest absolute Gasteiger partial charge is 0.148 e. The van der Waals surface area contributed by atoms with E-state index in [9.17, 15) is 5.11 Å². The van der Waals surface area contributed by atoms with Gasteiger partial charge in [0.2, 0.25) is 0 Å². The Labute approximate surface area is 111 Å². The number of benzene rings is 2. The fraction of sp³-hybridized carbons (Fsp3) is 0.0667. The van der Waals surface area contributed by atoms with Crippen molar-refractivity contribution in [2.24, 2.45) is 0 Å². The van der Waals surface area contributed by atoms with E-state index in [2.05, 4.69) is 5.92 Å². The molecule has 0 radical (unpaired) electrons. The highest BCUT2D eigenvalue weighted by Gasteiger charge is 1.98. The highest BCUT2D eigenvalue weighted by molar-refractivity contribution is 7.99. The van der Waals surface area contributed by atoms with Crippen LogP contribution in [0.1, 0.15) is 0 Å². The van der Waals surface area contributed by atoms with Gasteiger partial charge in [-0.15, -0.1) is 6.42 Å². The Balaban J connectivity index is 2.02. The van der Waals surface area contributed by atoms with Crippen LogP contribution in [0.15, 0.2) is 58.3 Å². The zero-order valence-corrected chi connectivity index (χ0v) is 10.5. The molecule has 1 N–H and O–H groups in total. The summed E-state index contributed by atoms with van der Waals surface area (Å²) in [5, 5.41) is 9.20. The van der Waals surface area contributed by atoms with Gasteiger partial charge in [-0.25, -0.2) is 0 Å². The second kappa shape index (κ2) is 6.04. The number of aromatic hydroxyl groups is 1. The molecule has 2 nitrogen and oxygen atoms in total. The van der Waals surface area contributed by atoms with E-state index in [1.807, 2.05) is 36.4 Å². The molecule has 0 atom stereocenters. The molecule has 0 fully saturated rings. The number of hydrogen-bond donors (Lipinski definition) is 1. The maximum Gasteiger partial charge on any atom is 0.148 e. The summed E-state index contributed by atoms with van der Waals surface area (Å²) in [4.78, 5) is 2.18. The lowest BCUT2D eigenvalue weighted by Gasteiger charge is -2.04. The van der Waals surface area contributed by atoms with Crippen LogP contribution in [0.5, 0.6) is 11.5 Å². The van der Waals surface area contributed by atoms with E-state index in [0.29, 0.717) is 0 Å². The number of hydrogen-bond acceptors (Lipinski definition) is 3. The minimum Gasteiger partial charge on any atom is -0.508 e. The first-order valence-corrected chi connectivity index (χ1v) is 6.23. The predicted molar refractivity (Wildman–Crippen MR) is 73.0 cm³/mol. The lowest BCUT2D eigenvalue weighted by molar-refractivity contribution is 0.370. The molecule has 0 saturated heterocycles. The molecule has 2 aromatic carbocycles. The predicted octanol–water partition coefficient (Wildman–Crippen LogP) is 3.56. The molecule has 18 heavy (non-hydrogen) atoms. The fourth-order valence-electron chi connectivity index (χ4n) is 1.38. The summed E-state index contributed by atoms with van der Waals surface area (Å²) in [5.74, 6) is 3.47. The highest BCUT2D eigenvalue weighted by Crippen LogP contribution is 2.29. The van der Waals surface area contributed by atoms with E-state index in [1.165, 1.54) is 0 Å². The number of rotatable bonds is 4. The van der Waals surface area contributed by atoms with Gasteiger partial charge >= 0.3 is 0 Å². The molecule has 0 aliphatic rings. The molecule has 0 amide bonds. The number of phenolic OH excluding ortho intramolecular Hbond substituents is 1. The van der Waals surface area contributed by atoms with Crippen LogP contribution < -0.4 is 4.74 Å². The SMILES string of the molecule is C#CCOc1ccc(Sc2ccc(O)cc2)cc1. The Hall–Kier alpha value is -2.05. The first-order chi connectivity index (χ1) is 8.78. The second-order valence-corrected chi connectivity index (χ2v) is 4.71. The summed E-state index contributed by atoms with van der Waals surface area (Å²) in [6.45, 7) is 0.282. The lowest BCUT2D eigenvalue weighted by atomic mass is 10.3. The van der Waals surface area contributed by atoms with Gasteiger partial charge in [-0.3, -0.25) is 0 Å². The minimum atomic E-state index is 0.275. The van der Waals surface area contributed by atoms with Crippen LogP contribution in [0.25, 0.3) is 0 Å². The zero-order valence-electron chi connectivity index (χ0n) is 9.67. The molecule has 0 bridgehead atoms. The average Bonchev–Trinajstić information content (AvgIpc) is 2.41. The molecule has 0 unspecified atom stereocenters. The summed E-state index contributed by atoms with van der Waals surface area (Å²) >= 11 is 1.62. The van der Waals surface area contributed by atoms with Gasteiger partial charge in [0.05, 0.1) is 0 Å². The summed E-state index contributed by atoms with van der Waals surface area (Å²) < 4.78 is 5.30. The Morgan fingerprint density at radius 3 is 2.11 bits per heavy atom. The van der Waals surface area contributed by atoms with Crippen molar-refractivity contribution in [3.05, 3.63) is 48.5 Å². The van der Waals surface area contributed by atoms with Crippen LogP contribution >= 0.6 is 11.8 Å². The van der Waals surface area contributed by atoms with Gasteiger partial charge in [0, 0.05) is 9.79 Å². The van der Waals surface area contributed by atoms with Crippen LogP contribution in [0.3, 0.4) is 0 Å². The molecule has 2 aromatic rings. The van der Waals surface area contributed by atoms with Crippen LogP contribution in [0.4, 0.5) is 0 Å². The lowest BCUT2D eigenvalue weighted by Crippen LogP contribution is -1.92. The van der Waals surface area contributed by atoms with Crippen molar-refractivity contribution in [2.75, 3.05) is 6.61 Å². The van der Waals surface area contributed by atoms with E-state index in [4.69, 9.17) is 11.2 Å². The Bertz CT molecular complexity index is 538. The Kier molecular flexibility index (Phi) is 4.16. The largest absolute Gasteiger partial charge is 0.508 e. The minimum absolute atomic E-state index is 0.275. The maximum atomic E-state index is 9.20. The van der Waals surface area contributed by atoms with Gasteiger partial charge in [0.25, 0.3) is 0 Å². The number of terminal acetylenes is 1. The fourth-order valence-corrected chi connectivity index (χ4v) is 2.20. The summed E-state index contributed by atoms with van der Waals surface area (Å²) in [5.41, 5.74) is 0. The van der Waals surface area contributed by atoms with E-state index < -0.39 is 0 Å². The Morgan fingerprint density at radius 2 is 1.56 bits per heavy atom. The summed E-state index contributed by atoms with van der Waals surface area (Å²) in [7, 11) is 0. The quantitative estimate of drug-likeness (QED) is 0.848. The number of ether oxygens (including phenoxy) is 1. The van der Waals surface area contributed by atoms with Gasteiger partial charge in [-0.1, -0.05) is 17.7 Å². The van der Waals surface area contributed by atoms with E-state index >= 15 is 0 Å². The maximum absolute atomic E-state index is 9.20. The molecular weight excluding hydrogens is 244 g/mol. The van der Waals surface area contributed by atoms with Crippen molar-refractivity contribution >= 4 is 11.8 Å². The molecule has 0 saturated carbocycles. The molecule has 0 aliphatic heterocycles. The molecule has 0 aromatic heterocycles. The third-order valence-electron chi connectivity index (χ3n) is 2.22. The molecule has 90 valence electrons. The van der Waals surface area contributed by atoms with Gasteiger partial charge in [-0.05, 0) is 48.5 Å². The van der Waals surface area contributed by atoms with Crippen molar-refractivity contribution in [2.45, 2.75) is 9.79 Å². The average molecular weight is 256 g/mol. The van der Waals surface area contributed by atoms with Gasteiger partial charge in [0.1, 0.15) is 18.1 Å². The van der Waals surface area contributed by atoms with Crippen LogP contribution in [-0.2, 0) is 0 Å². The van der Waals surface area contributed by atoms with Crippen molar-refractivity contribution in [3.8, 4) is 23.8 Å². The van der Waals surface area contributed by atoms with Crippen LogP contribution in [-0.4, -0.2) is 11.7 Å². The third kappa shape index (κ3) is 3.47. The van der Waals surface area contributed by atoms with Crippen molar-refractivity contribution in [3.63, 3.8) is 0 Å². The second-order valence-electron chi connectivity index (χ2n) is 3.56. The number of phenols is 1. The van der Waals surface area contributed by atoms with Crippen LogP contribution in [0, 0.1) is 12.3 Å². The van der Waals surface area contributed by atoms with Crippen molar-refractivity contribution in [1.82, 2.24) is 0 Å². The Morgan fingerprint density at radius 1 is 1.00 bits per heavy atom. The van der Waals surface area contributed by atoms with Crippen LogP contribution in [0.2, 0.25) is 0 Å². The molecule has 0 spiro atoms. The van der Waals surface area contributed by atoms with Gasteiger partial charge in [0.15, 0.2) is 0 Å². The van der Waals surface area contributed by atoms with E-state index in [-0.39, 0.29) is 12.4 Å². The first-order valence-electron chi connectivity index (χ1n) is 5.41. The first kappa shape index (κ1) is 12.4. The third-order valence-corrected chi connectivity index (χ3v) is 3.23. The van der Waals surface area contributed by atoms with Gasteiger partial charge < -0.3 is 9.84 Å². The normalized spacial score (nSPS) is 9.72. The van der Waals surface area contributed by atoms with Crippen molar-refractivity contribution in [1.29, 1.82) is 0 Å². The molecule has 2 rings (SSSR count). The molecule has 3 heteroatoms. The molecule has 0 aliphatic carbocycles. The molecular formula is C15H12O2S. The zero-order chi connectivity index (χ0) is 12.8. The highest BCUT2D eigenvalue weighted by atomic mass is 32.2. The molecule has 0 heterocycles.